The molecule has 0 aromatic heterocycles. The van der Waals surface area contributed by atoms with E-state index >= 15 is 0 Å². The first-order valence-corrected chi connectivity index (χ1v) is 9.00. The lowest BCUT2D eigenvalue weighted by Crippen LogP contribution is -2.25. The van der Waals surface area contributed by atoms with Crippen molar-refractivity contribution in [2.45, 2.75) is 70.1 Å². The van der Waals surface area contributed by atoms with Crippen molar-refractivity contribution in [1.29, 1.82) is 0 Å². The van der Waals surface area contributed by atoms with Crippen molar-refractivity contribution in [3.63, 3.8) is 0 Å². The number of rotatable bonds is 5. The third-order valence-electron chi connectivity index (χ3n) is 5.64. The minimum absolute atomic E-state index is 0.101. The topological polar surface area (TPSA) is 17.1 Å². The molecule has 1 aromatic carbocycles. The molecule has 2 aliphatic rings. The van der Waals surface area contributed by atoms with E-state index in [4.69, 9.17) is 5.48 Å². The van der Waals surface area contributed by atoms with Gasteiger partial charge in [0.1, 0.15) is 6.29 Å². The van der Waals surface area contributed by atoms with Crippen LogP contribution in [0.25, 0.3) is 0 Å². The second-order valence-corrected chi connectivity index (χ2v) is 7.11. The molecule has 0 radical (unpaired) electrons. The number of carbonyl (C=O) groups excluding carboxylic acids is 1. The van der Waals surface area contributed by atoms with Crippen molar-refractivity contribution in [1.82, 2.24) is 0 Å². The Morgan fingerprint density at radius 1 is 1.08 bits per heavy atom. The molecule has 0 amide bonds. The summed E-state index contributed by atoms with van der Waals surface area (Å²) in [5.41, 5.74) is 0.804. The van der Waals surface area contributed by atoms with Gasteiger partial charge in [-0.2, -0.15) is 0 Å². The Labute approximate surface area is 149 Å². The van der Waals surface area contributed by atoms with Crippen LogP contribution in [0, 0.1) is 29.4 Å². The summed E-state index contributed by atoms with van der Waals surface area (Å²) >= 11 is 0. The standard InChI is InChI=1S/C21H28F2O/c22-20-12-11-19(14-21(20)23)18-9-7-17(8-10-18)16-5-3-15(4-6-16)2-1-13-24/h11-18H,1-10H2/i3D2,5D,15D. The molecule has 0 N–H and O–H groups in total. The number of carbonyl (C=O) groups is 1. The average Bonchev–Trinajstić information content (AvgIpc) is 2.68. The summed E-state index contributed by atoms with van der Waals surface area (Å²) in [5, 5.41) is 0. The maximum Gasteiger partial charge on any atom is 0.159 e. The second-order valence-electron chi connectivity index (χ2n) is 7.11. The third-order valence-corrected chi connectivity index (χ3v) is 5.64. The van der Waals surface area contributed by atoms with Crippen molar-refractivity contribution in [3.8, 4) is 0 Å². The molecular weight excluding hydrogens is 306 g/mol. The Balaban J connectivity index is 1.64. The zero-order chi connectivity index (χ0) is 20.5. The fourth-order valence-corrected chi connectivity index (χ4v) is 4.17. The van der Waals surface area contributed by atoms with Crippen LogP contribution < -0.4 is 0 Å². The molecule has 2 saturated carbocycles. The Bertz CT molecular complexity index is 706. The van der Waals surface area contributed by atoms with Gasteiger partial charge >= 0.3 is 0 Å². The fourth-order valence-electron chi connectivity index (χ4n) is 4.17. The average molecular weight is 338 g/mol. The van der Waals surface area contributed by atoms with Gasteiger partial charge in [-0.1, -0.05) is 18.9 Å². The van der Waals surface area contributed by atoms with Crippen molar-refractivity contribution < 1.29 is 19.1 Å². The quantitative estimate of drug-likeness (QED) is 0.600. The third kappa shape index (κ3) is 4.23. The van der Waals surface area contributed by atoms with Gasteiger partial charge < -0.3 is 4.79 Å². The lowest BCUT2D eigenvalue weighted by Gasteiger charge is -2.38. The molecule has 0 spiro atoms. The van der Waals surface area contributed by atoms with E-state index in [2.05, 4.69) is 0 Å². The van der Waals surface area contributed by atoms with Gasteiger partial charge in [-0.05, 0) is 86.3 Å². The highest BCUT2D eigenvalue weighted by Crippen LogP contribution is 2.44. The summed E-state index contributed by atoms with van der Waals surface area (Å²) < 4.78 is 60.6. The molecule has 0 heterocycles. The molecule has 132 valence electrons. The van der Waals surface area contributed by atoms with Crippen LogP contribution in [-0.2, 0) is 4.79 Å². The van der Waals surface area contributed by atoms with Crippen molar-refractivity contribution in [2.24, 2.45) is 17.7 Å². The molecule has 3 rings (SSSR count). The van der Waals surface area contributed by atoms with Crippen LogP contribution in [0.5, 0.6) is 0 Å². The summed E-state index contributed by atoms with van der Waals surface area (Å²) in [4.78, 5) is 10.7. The van der Waals surface area contributed by atoms with E-state index in [0.717, 1.165) is 37.5 Å². The highest BCUT2D eigenvalue weighted by Gasteiger charge is 2.31. The van der Waals surface area contributed by atoms with E-state index in [1.165, 1.54) is 12.1 Å². The van der Waals surface area contributed by atoms with E-state index < -0.39 is 30.3 Å². The smallest absolute Gasteiger partial charge is 0.159 e. The minimum atomic E-state index is -1.95. The molecule has 3 heteroatoms. The maximum atomic E-state index is 13.5. The highest BCUT2D eigenvalue weighted by atomic mass is 19.2. The van der Waals surface area contributed by atoms with E-state index in [1.54, 1.807) is 6.07 Å². The predicted molar refractivity (Wildman–Crippen MR) is 91.8 cm³/mol. The maximum absolute atomic E-state index is 13.5. The first-order valence-electron chi connectivity index (χ1n) is 11.1. The minimum Gasteiger partial charge on any atom is -0.303 e. The zero-order valence-corrected chi connectivity index (χ0v) is 13.9. The highest BCUT2D eigenvalue weighted by molar-refractivity contribution is 5.49. The molecule has 3 unspecified atom stereocenters. The van der Waals surface area contributed by atoms with Crippen LogP contribution >= 0.6 is 0 Å². The number of halogens is 2. The van der Waals surface area contributed by atoms with Gasteiger partial charge in [0, 0.05) is 11.9 Å². The van der Waals surface area contributed by atoms with Gasteiger partial charge in [-0.15, -0.1) is 0 Å². The Kier molecular flexibility index (Phi) is 4.46. The molecule has 1 aromatic rings. The molecule has 2 fully saturated rings. The van der Waals surface area contributed by atoms with E-state index in [1.807, 2.05) is 0 Å². The largest absolute Gasteiger partial charge is 0.303 e. The monoisotopic (exact) mass is 338 g/mol. The first-order chi connectivity index (χ1) is 13.2. The lowest BCUT2D eigenvalue weighted by atomic mass is 9.68. The Hall–Kier alpha value is -1.25. The summed E-state index contributed by atoms with van der Waals surface area (Å²) in [6.45, 7) is 0. The van der Waals surface area contributed by atoms with Gasteiger partial charge in [0.25, 0.3) is 0 Å². The zero-order valence-electron chi connectivity index (χ0n) is 17.9. The lowest BCUT2D eigenvalue weighted by molar-refractivity contribution is -0.108. The number of benzene rings is 1. The van der Waals surface area contributed by atoms with E-state index in [9.17, 15) is 13.6 Å². The van der Waals surface area contributed by atoms with Crippen molar-refractivity contribution in [2.75, 3.05) is 0 Å². The summed E-state index contributed by atoms with van der Waals surface area (Å²) in [6.07, 6.45) is 2.42. The Morgan fingerprint density at radius 2 is 1.83 bits per heavy atom. The number of hydrogen-bond donors (Lipinski definition) is 0. The van der Waals surface area contributed by atoms with E-state index in [0.29, 0.717) is 12.8 Å². The number of hydrogen-bond acceptors (Lipinski definition) is 1. The molecule has 0 bridgehead atoms. The fraction of sp³-hybridized carbons (Fsp3) is 0.667. The van der Waals surface area contributed by atoms with Crippen LogP contribution in [0.2, 0.25) is 0 Å². The SMILES string of the molecule is [2H]C1C(C2CCC(c3ccc(F)c(F)c3)CC2)CCC([2H])(CCC=O)C1([2H])[2H]. The van der Waals surface area contributed by atoms with Crippen LogP contribution in [0.4, 0.5) is 8.78 Å². The van der Waals surface area contributed by atoms with Gasteiger partial charge in [0.15, 0.2) is 11.6 Å². The van der Waals surface area contributed by atoms with Crippen LogP contribution in [0.3, 0.4) is 0 Å². The number of aldehydes is 1. The molecule has 2 aliphatic carbocycles. The molecule has 3 atom stereocenters. The molecular formula is C21H28F2O. The first kappa shape index (κ1) is 13.0. The Morgan fingerprint density at radius 3 is 2.54 bits per heavy atom. The molecule has 0 aliphatic heterocycles. The van der Waals surface area contributed by atoms with Crippen molar-refractivity contribution in [3.05, 3.63) is 35.4 Å². The summed E-state index contributed by atoms with van der Waals surface area (Å²) in [7, 11) is 0. The summed E-state index contributed by atoms with van der Waals surface area (Å²) in [5.74, 6) is -2.76. The van der Waals surface area contributed by atoms with Gasteiger partial charge in [0.05, 0.1) is 0 Å². The van der Waals surface area contributed by atoms with Crippen LogP contribution in [-0.4, -0.2) is 6.29 Å². The second kappa shape index (κ2) is 8.22. The normalized spacial score (nSPS) is 41.6. The van der Waals surface area contributed by atoms with Gasteiger partial charge in [-0.25, -0.2) is 8.78 Å². The molecule has 0 saturated heterocycles. The summed E-state index contributed by atoms with van der Waals surface area (Å²) in [6, 6.07) is 4.07. The predicted octanol–water partition coefficient (Wildman–Crippen LogP) is 6.02. The van der Waals surface area contributed by atoms with Crippen molar-refractivity contribution >= 4 is 6.29 Å². The van der Waals surface area contributed by atoms with Crippen LogP contribution in [0.15, 0.2) is 18.2 Å². The van der Waals surface area contributed by atoms with Gasteiger partial charge in [-0.3, -0.25) is 0 Å². The van der Waals surface area contributed by atoms with E-state index in [-0.39, 0.29) is 30.6 Å². The molecule has 1 nitrogen and oxygen atoms in total. The van der Waals surface area contributed by atoms with Crippen LogP contribution in [0.1, 0.15) is 81.1 Å². The van der Waals surface area contributed by atoms with Gasteiger partial charge in [0.2, 0.25) is 0 Å². The molecule has 24 heavy (non-hydrogen) atoms.